The molecule has 0 aromatic carbocycles. The average Bonchev–Trinajstić information content (AvgIpc) is 1.89. The monoisotopic (exact) mass is 130 g/mol. The highest BCUT2D eigenvalue weighted by Crippen LogP contribution is 2.02. The maximum absolute atomic E-state index is 12.1. The zero-order valence-corrected chi connectivity index (χ0v) is 5.31. The minimum atomic E-state index is -1.08. The Morgan fingerprint density at radius 2 is 2.33 bits per heavy atom. The Labute approximate surface area is 54.9 Å². The lowest BCUT2D eigenvalue weighted by Crippen LogP contribution is -2.04. The van der Waals surface area contributed by atoms with Gasteiger partial charge in [-0.3, -0.25) is 0 Å². The summed E-state index contributed by atoms with van der Waals surface area (Å²) >= 11 is 0. The number of aliphatic hydroxyl groups is 1. The van der Waals surface area contributed by atoms with Gasteiger partial charge >= 0.3 is 0 Å². The van der Waals surface area contributed by atoms with E-state index in [1.54, 1.807) is 0 Å². The lowest BCUT2D eigenvalue weighted by Gasteiger charge is -1.99. The van der Waals surface area contributed by atoms with Gasteiger partial charge in [0.05, 0.1) is 6.61 Å². The first-order chi connectivity index (χ1) is 4.31. The number of terminal acetylenes is 1. The van der Waals surface area contributed by atoms with Crippen LogP contribution in [0.4, 0.5) is 4.39 Å². The summed E-state index contributed by atoms with van der Waals surface area (Å²) in [6.07, 6.45) is 5.47. The van der Waals surface area contributed by atoms with Crippen LogP contribution in [-0.4, -0.2) is 17.9 Å². The van der Waals surface area contributed by atoms with Gasteiger partial charge < -0.3 is 5.11 Å². The molecule has 0 bridgehead atoms. The van der Waals surface area contributed by atoms with Gasteiger partial charge in [-0.15, -0.1) is 12.3 Å². The molecule has 1 atom stereocenters. The molecule has 0 saturated carbocycles. The minimum absolute atomic E-state index is 0.376. The van der Waals surface area contributed by atoms with Crippen LogP contribution in [0.2, 0.25) is 0 Å². The van der Waals surface area contributed by atoms with E-state index in [-0.39, 0.29) is 6.61 Å². The summed E-state index contributed by atoms with van der Waals surface area (Å²) in [5.74, 6) is 2.40. The molecule has 0 aromatic heterocycles. The molecular formula is C7H11FO. The van der Waals surface area contributed by atoms with Gasteiger partial charge in [-0.2, -0.15) is 0 Å². The van der Waals surface area contributed by atoms with Gasteiger partial charge in [0, 0.05) is 6.42 Å². The number of alkyl halides is 1. The standard InChI is InChI=1S/C7H11FO/c1-2-3-4-5-7(8)6-9/h1,7,9H,3-6H2. The molecule has 0 rings (SSSR count). The Balaban J connectivity index is 2.99. The lowest BCUT2D eigenvalue weighted by atomic mass is 10.2. The van der Waals surface area contributed by atoms with Gasteiger partial charge in [-0.25, -0.2) is 4.39 Å². The van der Waals surface area contributed by atoms with Crippen molar-refractivity contribution < 1.29 is 9.50 Å². The Bertz CT molecular complexity index is 95.6. The molecule has 1 nitrogen and oxygen atoms in total. The highest BCUT2D eigenvalue weighted by atomic mass is 19.1. The first kappa shape index (κ1) is 8.45. The molecule has 0 saturated heterocycles. The number of unbranched alkanes of at least 4 members (excludes halogenated alkanes) is 1. The largest absolute Gasteiger partial charge is 0.393 e. The minimum Gasteiger partial charge on any atom is -0.393 e. The smallest absolute Gasteiger partial charge is 0.123 e. The van der Waals surface area contributed by atoms with E-state index in [9.17, 15) is 4.39 Å². The third kappa shape index (κ3) is 5.32. The van der Waals surface area contributed by atoms with Gasteiger partial charge in [0.2, 0.25) is 0 Å². The van der Waals surface area contributed by atoms with Crippen molar-refractivity contribution >= 4 is 0 Å². The maximum atomic E-state index is 12.1. The number of hydrogen-bond acceptors (Lipinski definition) is 1. The number of hydrogen-bond donors (Lipinski definition) is 1. The van der Waals surface area contributed by atoms with Crippen LogP contribution in [0.5, 0.6) is 0 Å². The molecule has 0 spiro atoms. The lowest BCUT2D eigenvalue weighted by molar-refractivity contribution is 0.168. The van der Waals surface area contributed by atoms with Crippen LogP contribution < -0.4 is 0 Å². The summed E-state index contributed by atoms with van der Waals surface area (Å²) in [6, 6.07) is 0. The molecular weight excluding hydrogens is 119 g/mol. The predicted octanol–water partition coefficient (Wildman–Crippen LogP) is 1.12. The van der Waals surface area contributed by atoms with Crippen LogP contribution in [0.25, 0.3) is 0 Å². The molecule has 0 aliphatic rings. The van der Waals surface area contributed by atoms with Crippen molar-refractivity contribution in [1.82, 2.24) is 0 Å². The molecule has 0 aliphatic carbocycles. The van der Waals surface area contributed by atoms with Gasteiger partial charge in [0.25, 0.3) is 0 Å². The zero-order chi connectivity index (χ0) is 7.11. The van der Waals surface area contributed by atoms with Crippen LogP contribution in [0.1, 0.15) is 19.3 Å². The predicted molar refractivity (Wildman–Crippen MR) is 34.7 cm³/mol. The van der Waals surface area contributed by atoms with E-state index in [0.29, 0.717) is 19.3 Å². The van der Waals surface area contributed by atoms with Gasteiger partial charge in [0.15, 0.2) is 0 Å². The first-order valence-corrected chi connectivity index (χ1v) is 2.99. The van der Waals surface area contributed by atoms with Crippen LogP contribution in [0, 0.1) is 12.3 Å². The third-order valence-electron chi connectivity index (χ3n) is 1.04. The molecule has 0 aromatic rings. The zero-order valence-electron chi connectivity index (χ0n) is 5.31. The molecule has 1 N–H and O–H groups in total. The molecule has 0 heterocycles. The van der Waals surface area contributed by atoms with Crippen molar-refractivity contribution in [3.63, 3.8) is 0 Å². The Morgan fingerprint density at radius 3 is 2.78 bits per heavy atom. The first-order valence-electron chi connectivity index (χ1n) is 2.99. The maximum Gasteiger partial charge on any atom is 0.123 e. The Hall–Kier alpha value is -0.550. The molecule has 2 heteroatoms. The van der Waals surface area contributed by atoms with Crippen molar-refractivity contribution in [2.75, 3.05) is 6.61 Å². The molecule has 0 aliphatic heterocycles. The summed E-state index contributed by atoms with van der Waals surface area (Å²) < 4.78 is 12.1. The highest BCUT2D eigenvalue weighted by molar-refractivity contribution is 4.83. The fourth-order valence-corrected chi connectivity index (χ4v) is 0.517. The van der Waals surface area contributed by atoms with Crippen LogP contribution in [0.3, 0.4) is 0 Å². The summed E-state index contributed by atoms with van der Waals surface area (Å²) in [5.41, 5.74) is 0. The van der Waals surface area contributed by atoms with E-state index in [0.717, 1.165) is 0 Å². The molecule has 52 valence electrons. The average molecular weight is 130 g/mol. The van der Waals surface area contributed by atoms with Crippen molar-refractivity contribution in [2.24, 2.45) is 0 Å². The van der Waals surface area contributed by atoms with Crippen LogP contribution >= 0.6 is 0 Å². The molecule has 9 heavy (non-hydrogen) atoms. The van der Waals surface area contributed by atoms with Gasteiger partial charge in [-0.1, -0.05) is 0 Å². The van der Waals surface area contributed by atoms with Crippen LogP contribution in [0.15, 0.2) is 0 Å². The van der Waals surface area contributed by atoms with E-state index in [4.69, 9.17) is 11.5 Å². The Kier molecular flexibility index (Phi) is 5.24. The second-order valence-electron chi connectivity index (χ2n) is 1.88. The van der Waals surface area contributed by atoms with Gasteiger partial charge in [0.1, 0.15) is 6.17 Å². The van der Waals surface area contributed by atoms with Crippen molar-refractivity contribution in [3.05, 3.63) is 0 Å². The van der Waals surface area contributed by atoms with E-state index in [1.165, 1.54) is 0 Å². The fraction of sp³-hybridized carbons (Fsp3) is 0.714. The highest BCUT2D eigenvalue weighted by Gasteiger charge is 2.01. The topological polar surface area (TPSA) is 20.2 Å². The number of rotatable bonds is 4. The summed E-state index contributed by atoms with van der Waals surface area (Å²) in [6.45, 7) is -0.384. The molecule has 0 fully saturated rings. The van der Waals surface area contributed by atoms with Gasteiger partial charge in [-0.05, 0) is 12.8 Å². The fourth-order valence-electron chi connectivity index (χ4n) is 0.517. The van der Waals surface area contributed by atoms with E-state index in [2.05, 4.69) is 5.92 Å². The summed E-state index contributed by atoms with van der Waals surface area (Å²) in [4.78, 5) is 0. The summed E-state index contributed by atoms with van der Waals surface area (Å²) in [7, 11) is 0. The van der Waals surface area contributed by atoms with Crippen molar-refractivity contribution in [1.29, 1.82) is 0 Å². The second kappa shape index (κ2) is 5.58. The third-order valence-corrected chi connectivity index (χ3v) is 1.04. The SMILES string of the molecule is C#CCCCC(F)CO. The number of aliphatic hydroxyl groups excluding tert-OH is 1. The normalized spacial score (nSPS) is 12.6. The molecule has 1 unspecified atom stereocenters. The second-order valence-corrected chi connectivity index (χ2v) is 1.88. The molecule has 0 amide bonds. The van der Waals surface area contributed by atoms with Crippen molar-refractivity contribution in [2.45, 2.75) is 25.4 Å². The van der Waals surface area contributed by atoms with E-state index < -0.39 is 6.17 Å². The van der Waals surface area contributed by atoms with Crippen LogP contribution in [-0.2, 0) is 0 Å². The summed E-state index contributed by atoms with van der Waals surface area (Å²) in [5, 5.41) is 8.21. The molecule has 0 radical (unpaired) electrons. The Morgan fingerprint density at radius 1 is 1.67 bits per heavy atom. The van der Waals surface area contributed by atoms with E-state index in [1.807, 2.05) is 0 Å². The van der Waals surface area contributed by atoms with E-state index >= 15 is 0 Å². The van der Waals surface area contributed by atoms with Crippen molar-refractivity contribution in [3.8, 4) is 12.3 Å². The quantitative estimate of drug-likeness (QED) is 0.446. The number of halogens is 1.